The Morgan fingerprint density at radius 3 is 2.65 bits per heavy atom. The minimum absolute atomic E-state index is 0.0455. The van der Waals surface area contributed by atoms with Crippen molar-refractivity contribution in [2.24, 2.45) is 0 Å². The van der Waals surface area contributed by atoms with Crippen molar-refractivity contribution in [1.29, 1.82) is 0 Å². The third-order valence-electron chi connectivity index (χ3n) is 1.93. The minimum Gasteiger partial charge on any atom is -0.464 e. The highest BCUT2D eigenvalue weighted by atomic mass is 79.9. The summed E-state index contributed by atoms with van der Waals surface area (Å²) >= 11 is 6.62. The van der Waals surface area contributed by atoms with E-state index in [9.17, 15) is 4.79 Å². The predicted octanol–water partition coefficient (Wildman–Crippen LogP) is 4.56. The van der Waals surface area contributed by atoms with Gasteiger partial charge in [-0.1, -0.05) is 11.6 Å². The lowest BCUT2D eigenvalue weighted by Crippen LogP contribution is -1.89. The van der Waals surface area contributed by atoms with Gasteiger partial charge in [0.15, 0.2) is 5.78 Å². The molecule has 0 radical (unpaired) electrons. The van der Waals surface area contributed by atoms with Gasteiger partial charge in [-0.2, -0.15) is 0 Å². The van der Waals surface area contributed by atoms with Gasteiger partial charge in [0.2, 0.25) is 0 Å². The fourth-order valence-electron chi connectivity index (χ4n) is 1.21. The molecule has 0 heterocycles. The van der Waals surface area contributed by atoms with Crippen molar-refractivity contribution >= 4 is 43.7 Å². The summed E-state index contributed by atoms with van der Waals surface area (Å²) in [4.78, 5) is 10.8. The van der Waals surface area contributed by atoms with Gasteiger partial charge in [0.05, 0.1) is 9.65 Å². The van der Waals surface area contributed by atoms with Gasteiger partial charge in [-0.15, -0.1) is 0 Å². The molecule has 0 bridgehead atoms. The zero-order valence-electron chi connectivity index (χ0n) is 9.54. The average Bonchev–Trinajstić information content (AvgIpc) is 2.20. The Labute approximate surface area is 118 Å². The molecule has 0 atom stereocenters. The lowest BCUT2D eigenvalue weighted by Gasteiger charge is -2.06. The number of ketones is 1. The zero-order chi connectivity index (χ0) is 12.8. The summed E-state index contributed by atoms with van der Waals surface area (Å²) in [5, 5.41) is 0. The van der Waals surface area contributed by atoms with Crippen molar-refractivity contribution < 1.29 is 9.53 Å². The van der Waals surface area contributed by atoms with Gasteiger partial charge in [0.1, 0.15) is 5.75 Å². The minimum atomic E-state index is -0.0455. The van der Waals surface area contributed by atoms with E-state index in [1.165, 1.54) is 19.3 Å². The normalized spacial score (nSPS) is 10.4. The molecule has 0 aromatic heterocycles. The molecule has 0 aliphatic rings. The smallest absolute Gasteiger partial charge is 0.155 e. The number of allylic oxidation sites excluding steroid dienone is 1. The van der Waals surface area contributed by atoms with Crippen LogP contribution in [0, 0.1) is 6.92 Å². The molecular weight excluding hydrogens is 348 g/mol. The third kappa shape index (κ3) is 5.33. The SMILES string of the molecule is CC(=O)/C=C/Oc1ccc(C)cc1C=C(Br)Br. The molecule has 0 saturated heterocycles. The molecule has 0 unspecified atom stereocenters. The van der Waals surface area contributed by atoms with E-state index < -0.39 is 0 Å². The number of benzene rings is 1. The van der Waals surface area contributed by atoms with Crippen LogP contribution < -0.4 is 4.74 Å². The average molecular weight is 360 g/mol. The van der Waals surface area contributed by atoms with Crippen molar-refractivity contribution in [3.8, 4) is 5.75 Å². The number of hydrogen-bond donors (Lipinski definition) is 0. The fraction of sp³-hybridized carbons (Fsp3) is 0.154. The van der Waals surface area contributed by atoms with Crippen LogP contribution in [0.2, 0.25) is 0 Å². The Balaban J connectivity index is 2.98. The van der Waals surface area contributed by atoms with E-state index in [1.54, 1.807) is 0 Å². The Bertz CT molecular complexity index is 472. The molecule has 0 aliphatic carbocycles. The molecule has 0 N–H and O–H groups in total. The van der Waals surface area contributed by atoms with Crippen LogP contribution in [0.5, 0.6) is 5.75 Å². The Morgan fingerprint density at radius 1 is 1.35 bits per heavy atom. The molecular formula is C13H12Br2O2. The maximum atomic E-state index is 10.8. The van der Waals surface area contributed by atoms with Crippen LogP contribution >= 0.6 is 31.9 Å². The molecule has 4 heteroatoms. The summed E-state index contributed by atoms with van der Waals surface area (Å²) in [6, 6.07) is 5.82. The van der Waals surface area contributed by atoms with E-state index in [1.807, 2.05) is 31.2 Å². The van der Waals surface area contributed by atoms with Crippen LogP contribution in [-0.2, 0) is 4.79 Å². The molecule has 2 nitrogen and oxygen atoms in total. The maximum Gasteiger partial charge on any atom is 0.155 e. The number of carbonyl (C=O) groups excluding carboxylic acids is 1. The summed E-state index contributed by atoms with van der Waals surface area (Å²) in [5.41, 5.74) is 2.07. The second-order valence-corrected chi connectivity index (χ2v) is 6.28. The topological polar surface area (TPSA) is 26.3 Å². The maximum absolute atomic E-state index is 10.8. The molecule has 1 aromatic rings. The molecule has 0 spiro atoms. The molecule has 1 rings (SSSR count). The first-order valence-electron chi connectivity index (χ1n) is 4.96. The Hall–Kier alpha value is -0.870. The van der Waals surface area contributed by atoms with Crippen LogP contribution in [0.3, 0.4) is 0 Å². The van der Waals surface area contributed by atoms with Crippen molar-refractivity contribution in [3.63, 3.8) is 0 Å². The number of rotatable bonds is 4. The lowest BCUT2D eigenvalue weighted by atomic mass is 10.1. The van der Waals surface area contributed by atoms with Gasteiger partial charge in [0, 0.05) is 11.6 Å². The highest BCUT2D eigenvalue weighted by Gasteiger charge is 2.01. The molecule has 0 fully saturated rings. The van der Waals surface area contributed by atoms with Gasteiger partial charge in [0.25, 0.3) is 0 Å². The van der Waals surface area contributed by atoms with Crippen LogP contribution in [-0.4, -0.2) is 5.78 Å². The monoisotopic (exact) mass is 358 g/mol. The Kier molecular flexibility index (Phi) is 5.65. The predicted molar refractivity (Wildman–Crippen MR) is 77.5 cm³/mol. The second kappa shape index (κ2) is 6.77. The molecule has 1 aromatic carbocycles. The zero-order valence-corrected chi connectivity index (χ0v) is 12.7. The molecule has 0 amide bonds. The molecule has 17 heavy (non-hydrogen) atoms. The quantitative estimate of drug-likeness (QED) is 0.581. The number of ether oxygens (including phenoxy) is 1. The van der Waals surface area contributed by atoms with E-state index in [0.717, 1.165) is 14.5 Å². The summed E-state index contributed by atoms with van der Waals surface area (Å²) < 4.78 is 6.25. The first kappa shape index (κ1) is 14.2. The summed E-state index contributed by atoms with van der Waals surface area (Å²) in [6.07, 6.45) is 4.67. The van der Waals surface area contributed by atoms with Crippen molar-refractivity contribution in [2.75, 3.05) is 0 Å². The lowest BCUT2D eigenvalue weighted by molar-refractivity contribution is -0.112. The summed E-state index contributed by atoms with van der Waals surface area (Å²) in [6.45, 7) is 3.49. The molecule has 0 saturated carbocycles. The first-order valence-corrected chi connectivity index (χ1v) is 6.55. The molecule has 0 aliphatic heterocycles. The standard InChI is InChI=1S/C13H12Br2O2/c1-9-3-4-12(17-6-5-10(2)16)11(7-9)8-13(14)15/h3-8H,1-2H3/b6-5+. The largest absolute Gasteiger partial charge is 0.464 e. The number of carbonyl (C=O) groups is 1. The van der Waals surface area contributed by atoms with Crippen molar-refractivity contribution in [2.45, 2.75) is 13.8 Å². The number of hydrogen-bond acceptors (Lipinski definition) is 2. The Morgan fingerprint density at radius 2 is 2.06 bits per heavy atom. The van der Waals surface area contributed by atoms with Gasteiger partial charge < -0.3 is 4.74 Å². The van der Waals surface area contributed by atoms with Gasteiger partial charge in [-0.25, -0.2) is 0 Å². The van der Waals surface area contributed by atoms with E-state index in [2.05, 4.69) is 31.9 Å². The van der Waals surface area contributed by atoms with E-state index in [4.69, 9.17) is 4.74 Å². The van der Waals surface area contributed by atoms with Crippen LogP contribution in [0.25, 0.3) is 6.08 Å². The van der Waals surface area contributed by atoms with Gasteiger partial charge in [-0.3, -0.25) is 4.79 Å². The first-order chi connectivity index (χ1) is 7.99. The van der Waals surface area contributed by atoms with Crippen LogP contribution in [0.1, 0.15) is 18.1 Å². The second-order valence-electron chi connectivity index (χ2n) is 3.51. The van der Waals surface area contributed by atoms with Crippen molar-refractivity contribution in [3.05, 3.63) is 45.1 Å². The number of aryl methyl sites for hydroxylation is 1. The van der Waals surface area contributed by atoms with Crippen LogP contribution in [0.15, 0.2) is 33.9 Å². The van der Waals surface area contributed by atoms with E-state index >= 15 is 0 Å². The highest BCUT2D eigenvalue weighted by molar-refractivity contribution is 9.28. The van der Waals surface area contributed by atoms with E-state index in [-0.39, 0.29) is 5.78 Å². The van der Waals surface area contributed by atoms with E-state index in [0.29, 0.717) is 5.75 Å². The van der Waals surface area contributed by atoms with Crippen molar-refractivity contribution in [1.82, 2.24) is 0 Å². The van der Waals surface area contributed by atoms with Crippen LogP contribution in [0.4, 0.5) is 0 Å². The van der Waals surface area contributed by atoms with Gasteiger partial charge >= 0.3 is 0 Å². The summed E-state index contributed by atoms with van der Waals surface area (Å²) in [7, 11) is 0. The summed E-state index contributed by atoms with van der Waals surface area (Å²) in [5.74, 6) is 0.653. The number of halogens is 2. The highest BCUT2D eigenvalue weighted by Crippen LogP contribution is 2.26. The van der Waals surface area contributed by atoms with Gasteiger partial charge in [-0.05, 0) is 63.9 Å². The fourth-order valence-corrected chi connectivity index (χ4v) is 1.70. The molecule has 90 valence electrons. The third-order valence-corrected chi connectivity index (χ3v) is 2.39.